The molecule has 3 heterocycles. The molecule has 3 fully saturated rings. The number of carbonyl (C=O) groups excluding carboxylic acids is 3. The number of thioether (sulfide) groups is 1. The summed E-state index contributed by atoms with van der Waals surface area (Å²) >= 11 is 1.49. The van der Waals surface area contributed by atoms with Crippen molar-refractivity contribution >= 4 is 35.3 Å². The number of rotatable bonds is 6. The Bertz CT molecular complexity index is 1330. The molecule has 39 heavy (non-hydrogen) atoms. The maximum atomic E-state index is 13.6. The van der Waals surface area contributed by atoms with Crippen LogP contribution >= 0.6 is 11.8 Å². The summed E-state index contributed by atoms with van der Waals surface area (Å²) in [6.07, 6.45) is 3.40. The number of urea groups is 1. The first kappa shape index (κ1) is 25.8. The average molecular weight is 548 g/mol. The normalized spacial score (nSPS) is 27.6. The van der Waals surface area contributed by atoms with Crippen molar-refractivity contribution in [2.75, 3.05) is 11.4 Å². The van der Waals surface area contributed by atoms with Gasteiger partial charge in [-0.2, -0.15) is 0 Å². The second-order valence-corrected chi connectivity index (χ2v) is 11.8. The molecule has 1 saturated carbocycles. The molecule has 3 unspecified atom stereocenters. The van der Waals surface area contributed by atoms with E-state index in [9.17, 15) is 14.4 Å². The second-order valence-electron chi connectivity index (χ2n) is 10.6. The van der Waals surface area contributed by atoms with Crippen molar-refractivity contribution in [3.8, 4) is 11.5 Å². The lowest BCUT2D eigenvalue weighted by molar-refractivity contribution is -0.121. The van der Waals surface area contributed by atoms with Crippen molar-refractivity contribution in [3.63, 3.8) is 0 Å². The lowest BCUT2D eigenvalue weighted by Crippen LogP contribution is -2.62. The Morgan fingerprint density at radius 1 is 1.03 bits per heavy atom. The van der Waals surface area contributed by atoms with Crippen LogP contribution in [0, 0.1) is 12.8 Å². The summed E-state index contributed by atoms with van der Waals surface area (Å²) in [5.74, 6) is 1.16. The number of amides is 4. The van der Waals surface area contributed by atoms with Gasteiger partial charge in [-0.3, -0.25) is 14.5 Å². The Hall–Kier alpha value is -3.50. The Labute approximate surface area is 232 Å². The van der Waals surface area contributed by atoms with Crippen molar-refractivity contribution in [1.82, 2.24) is 21.3 Å². The number of carbonyl (C=O) groups is 3. The predicted molar refractivity (Wildman–Crippen MR) is 150 cm³/mol. The van der Waals surface area contributed by atoms with Crippen LogP contribution in [0.2, 0.25) is 0 Å². The molecule has 6 rings (SSSR count). The summed E-state index contributed by atoms with van der Waals surface area (Å²) in [5, 5.41) is 12.7. The minimum absolute atomic E-state index is 0.00156. The summed E-state index contributed by atoms with van der Waals surface area (Å²) in [6, 6.07) is 14.9. The number of piperidine rings is 1. The van der Waals surface area contributed by atoms with Crippen LogP contribution in [0.15, 0.2) is 59.1 Å². The van der Waals surface area contributed by atoms with Gasteiger partial charge in [0.2, 0.25) is 5.91 Å². The SMILES string of the molecule is CC(=O)N[C@@H]1CCC[C@H]1NC(=O)C1=C2NC(=O)N(c3ccc(Oc4ccccc4)cc3C)C3CCNC(S1)C23. The van der Waals surface area contributed by atoms with Crippen molar-refractivity contribution in [1.29, 1.82) is 0 Å². The minimum atomic E-state index is -0.225. The number of hydrogen-bond acceptors (Lipinski definition) is 6. The van der Waals surface area contributed by atoms with Crippen molar-refractivity contribution < 1.29 is 19.1 Å². The van der Waals surface area contributed by atoms with Gasteiger partial charge in [0, 0.05) is 36.3 Å². The monoisotopic (exact) mass is 547 g/mol. The number of aryl methyl sites for hydroxylation is 1. The molecule has 0 bridgehead atoms. The lowest BCUT2D eigenvalue weighted by Gasteiger charge is -2.46. The zero-order chi connectivity index (χ0) is 27.1. The Morgan fingerprint density at radius 3 is 2.54 bits per heavy atom. The van der Waals surface area contributed by atoms with Gasteiger partial charge < -0.3 is 26.0 Å². The van der Waals surface area contributed by atoms with Crippen molar-refractivity contribution in [2.24, 2.45) is 5.92 Å². The number of anilines is 1. The molecule has 4 N–H and O–H groups in total. The number of nitrogens with one attached hydrogen (secondary N) is 4. The first-order valence-corrected chi connectivity index (χ1v) is 14.4. The van der Waals surface area contributed by atoms with E-state index in [1.807, 2.05) is 60.4 Å². The van der Waals surface area contributed by atoms with Gasteiger partial charge in [-0.15, -0.1) is 0 Å². The number of ether oxygens (including phenoxy) is 1. The van der Waals surface area contributed by atoms with Crippen molar-refractivity contribution in [3.05, 3.63) is 64.7 Å². The van der Waals surface area contributed by atoms with E-state index in [0.717, 1.165) is 49.2 Å². The largest absolute Gasteiger partial charge is 0.457 e. The molecule has 10 heteroatoms. The van der Waals surface area contributed by atoms with Crippen LogP contribution in [-0.4, -0.2) is 47.9 Å². The second kappa shape index (κ2) is 10.6. The molecule has 204 valence electrons. The molecule has 3 aliphatic heterocycles. The van der Waals surface area contributed by atoms with E-state index in [4.69, 9.17) is 4.74 Å². The summed E-state index contributed by atoms with van der Waals surface area (Å²) < 4.78 is 6.00. The Kier molecular flexibility index (Phi) is 6.99. The molecule has 9 nitrogen and oxygen atoms in total. The van der Waals surface area contributed by atoms with Crippen LogP contribution in [0.1, 0.15) is 38.2 Å². The number of benzene rings is 2. The van der Waals surface area contributed by atoms with E-state index < -0.39 is 0 Å². The van der Waals surface area contributed by atoms with Gasteiger partial charge in [0.05, 0.1) is 16.3 Å². The maximum Gasteiger partial charge on any atom is 0.326 e. The summed E-state index contributed by atoms with van der Waals surface area (Å²) in [6.45, 7) is 4.24. The molecule has 0 radical (unpaired) electrons. The molecule has 2 saturated heterocycles. The molecule has 4 amide bonds. The van der Waals surface area contributed by atoms with E-state index in [1.165, 1.54) is 18.7 Å². The zero-order valence-corrected chi connectivity index (χ0v) is 22.8. The molecule has 2 aromatic rings. The van der Waals surface area contributed by atoms with Crippen LogP contribution in [0.25, 0.3) is 0 Å². The fourth-order valence-corrected chi connectivity index (χ4v) is 7.69. The van der Waals surface area contributed by atoms with E-state index in [1.54, 1.807) is 0 Å². The standard InChI is InChI=1S/C29H33N5O4S/c1-16-15-19(38-18-7-4-3-5-8-18)11-12-22(16)34-23-13-14-30-28-24(23)25(33-29(34)37)26(39-28)27(36)32-21-10-6-9-20(21)31-17(2)35/h3-5,7-8,11-12,15,20-21,23-24,28,30H,6,9-10,13-14H2,1-2H3,(H,31,35)(H,32,36)(H,33,37)/t20-,21-,23?,24?,28?/m1/s1. The molecular weight excluding hydrogens is 514 g/mol. The third-order valence-electron chi connectivity index (χ3n) is 7.98. The van der Waals surface area contributed by atoms with Crippen molar-refractivity contribution in [2.45, 2.75) is 63.0 Å². The topological polar surface area (TPSA) is 112 Å². The van der Waals surface area contributed by atoms with Gasteiger partial charge in [-0.05, 0) is 75.0 Å². The van der Waals surface area contributed by atoms with Gasteiger partial charge in [0.15, 0.2) is 0 Å². The van der Waals surface area contributed by atoms with E-state index >= 15 is 0 Å². The summed E-state index contributed by atoms with van der Waals surface area (Å²) in [4.78, 5) is 41.1. The zero-order valence-electron chi connectivity index (χ0n) is 22.0. The van der Waals surface area contributed by atoms with Crippen LogP contribution in [-0.2, 0) is 9.59 Å². The highest BCUT2D eigenvalue weighted by Gasteiger charge is 2.52. The smallest absolute Gasteiger partial charge is 0.326 e. The van der Waals surface area contributed by atoms with Gasteiger partial charge in [-0.25, -0.2) is 4.79 Å². The Balaban J connectivity index is 1.23. The van der Waals surface area contributed by atoms with Crippen LogP contribution in [0.5, 0.6) is 11.5 Å². The number of nitrogens with zero attached hydrogens (tertiary/aromatic N) is 1. The molecule has 4 aliphatic rings. The van der Waals surface area contributed by atoms with E-state index in [2.05, 4.69) is 21.3 Å². The molecule has 0 aromatic heterocycles. The fraction of sp³-hybridized carbons (Fsp3) is 0.414. The summed E-state index contributed by atoms with van der Waals surface area (Å²) in [5.41, 5.74) is 2.48. The lowest BCUT2D eigenvalue weighted by atomic mass is 9.86. The van der Waals surface area contributed by atoms with Gasteiger partial charge in [0.1, 0.15) is 11.5 Å². The highest BCUT2D eigenvalue weighted by Crippen LogP contribution is 2.48. The van der Waals surface area contributed by atoms with Gasteiger partial charge in [0.25, 0.3) is 5.91 Å². The third kappa shape index (κ3) is 4.98. The first-order valence-electron chi connectivity index (χ1n) is 13.5. The van der Waals surface area contributed by atoms with E-state index in [-0.39, 0.29) is 47.3 Å². The summed E-state index contributed by atoms with van der Waals surface area (Å²) in [7, 11) is 0. The number of para-hydroxylation sites is 1. The molecule has 5 atom stereocenters. The third-order valence-corrected chi connectivity index (χ3v) is 9.33. The Morgan fingerprint density at radius 2 is 1.79 bits per heavy atom. The van der Waals surface area contributed by atoms with Gasteiger partial charge in [-0.1, -0.05) is 30.0 Å². The average Bonchev–Trinajstić information content (AvgIpc) is 3.50. The molecule has 1 aliphatic carbocycles. The fourth-order valence-electron chi connectivity index (χ4n) is 6.29. The van der Waals surface area contributed by atoms with Crippen LogP contribution in [0.4, 0.5) is 10.5 Å². The van der Waals surface area contributed by atoms with Crippen LogP contribution in [0.3, 0.4) is 0 Å². The highest BCUT2D eigenvalue weighted by molar-refractivity contribution is 8.04. The number of hydrogen-bond donors (Lipinski definition) is 4. The van der Waals surface area contributed by atoms with Crippen LogP contribution < -0.4 is 30.9 Å². The molecule has 0 spiro atoms. The first-order chi connectivity index (χ1) is 18.9. The highest BCUT2D eigenvalue weighted by atomic mass is 32.2. The molecule has 2 aromatic carbocycles. The quantitative estimate of drug-likeness (QED) is 0.438. The molecular formula is C29H33N5O4S. The maximum absolute atomic E-state index is 13.6. The predicted octanol–water partition coefficient (Wildman–Crippen LogP) is 3.75. The van der Waals surface area contributed by atoms with E-state index in [0.29, 0.717) is 16.4 Å². The van der Waals surface area contributed by atoms with Gasteiger partial charge >= 0.3 is 6.03 Å². The minimum Gasteiger partial charge on any atom is -0.457 e.